The van der Waals surface area contributed by atoms with Gasteiger partial charge in [-0.3, -0.25) is 0 Å². The maximum Gasteiger partial charge on any atom is 0.348 e. The van der Waals surface area contributed by atoms with Gasteiger partial charge in [-0.25, -0.2) is 14.5 Å². The molecule has 3 aromatic heterocycles. The summed E-state index contributed by atoms with van der Waals surface area (Å²) in [5.41, 5.74) is 3.30. The highest BCUT2D eigenvalue weighted by Gasteiger charge is 2.21. The van der Waals surface area contributed by atoms with E-state index in [0.717, 1.165) is 46.0 Å². The lowest BCUT2D eigenvalue weighted by Gasteiger charge is -2.04. The van der Waals surface area contributed by atoms with Gasteiger partial charge in [0.15, 0.2) is 5.82 Å². The second-order valence-corrected chi connectivity index (χ2v) is 8.25. The van der Waals surface area contributed by atoms with E-state index in [1.54, 1.807) is 4.57 Å². The van der Waals surface area contributed by atoms with Gasteiger partial charge in [0, 0.05) is 57.9 Å². The van der Waals surface area contributed by atoms with Crippen LogP contribution in [-0.2, 0) is 13.6 Å². The van der Waals surface area contributed by atoms with Crippen LogP contribution in [0, 0.1) is 0 Å². The topological polar surface area (TPSA) is 60.5 Å². The van der Waals surface area contributed by atoms with E-state index in [4.69, 9.17) is 23.2 Å². The molecular formula is C22H19Cl2N5O. The molecule has 0 bridgehead atoms. The summed E-state index contributed by atoms with van der Waals surface area (Å²) >= 11 is 12.6. The van der Waals surface area contributed by atoms with Gasteiger partial charge in [-0.05, 0) is 42.8 Å². The summed E-state index contributed by atoms with van der Waals surface area (Å²) in [5.74, 6) is 0.531. The number of hydrogen-bond donors (Lipinski definition) is 1. The molecule has 30 heavy (non-hydrogen) atoms. The Morgan fingerprint density at radius 2 is 1.70 bits per heavy atom. The van der Waals surface area contributed by atoms with E-state index in [2.05, 4.69) is 21.7 Å². The SMILES string of the molecule is CCCn1cc(-n2c(-c3cn(C)c4ccc(Cl)cc34)n[nH]c2=O)c2cc(Cl)ccc21. The fourth-order valence-corrected chi connectivity index (χ4v) is 4.44. The smallest absolute Gasteiger partial charge is 0.348 e. The summed E-state index contributed by atoms with van der Waals surface area (Å²) in [6.45, 7) is 2.96. The average Bonchev–Trinajstić information content (AvgIpc) is 3.35. The van der Waals surface area contributed by atoms with Gasteiger partial charge in [0.25, 0.3) is 0 Å². The molecule has 0 aliphatic heterocycles. The number of aromatic nitrogens is 5. The Morgan fingerprint density at radius 1 is 1.00 bits per heavy atom. The third-order valence-corrected chi connectivity index (χ3v) is 5.86. The summed E-state index contributed by atoms with van der Waals surface area (Å²) < 4.78 is 5.76. The van der Waals surface area contributed by atoms with Crippen LogP contribution in [0.25, 0.3) is 38.9 Å². The highest BCUT2D eigenvalue weighted by molar-refractivity contribution is 6.31. The first-order chi connectivity index (χ1) is 14.5. The number of benzene rings is 2. The van der Waals surface area contributed by atoms with Crippen molar-refractivity contribution in [2.75, 3.05) is 0 Å². The van der Waals surface area contributed by atoms with Gasteiger partial charge in [0.05, 0.1) is 11.2 Å². The van der Waals surface area contributed by atoms with E-state index in [1.807, 2.05) is 60.4 Å². The zero-order valence-electron chi connectivity index (χ0n) is 16.5. The fourth-order valence-electron chi connectivity index (χ4n) is 4.10. The Hall–Kier alpha value is -2.96. The van der Waals surface area contributed by atoms with Gasteiger partial charge in [0.2, 0.25) is 0 Å². The lowest BCUT2D eigenvalue weighted by atomic mass is 10.1. The summed E-state index contributed by atoms with van der Waals surface area (Å²) in [4.78, 5) is 12.9. The predicted molar refractivity (Wildman–Crippen MR) is 122 cm³/mol. The second kappa shape index (κ2) is 7.07. The molecule has 0 aliphatic carbocycles. The molecule has 8 heteroatoms. The van der Waals surface area contributed by atoms with Crippen LogP contribution in [0.5, 0.6) is 0 Å². The summed E-state index contributed by atoms with van der Waals surface area (Å²) in [5, 5.41) is 10.1. The van der Waals surface area contributed by atoms with Crippen LogP contribution in [-0.4, -0.2) is 23.9 Å². The number of hydrogen-bond acceptors (Lipinski definition) is 2. The van der Waals surface area contributed by atoms with Crippen molar-refractivity contribution in [1.29, 1.82) is 0 Å². The average molecular weight is 440 g/mol. The van der Waals surface area contributed by atoms with E-state index in [0.29, 0.717) is 15.9 Å². The molecule has 0 saturated carbocycles. The highest BCUT2D eigenvalue weighted by atomic mass is 35.5. The lowest BCUT2D eigenvalue weighted by Crippen LogP contribution is -2.15. The maximum atomic E-state index is 12.9. The van der Waals surface area contributed by atoms with E-state index in [-0.39, 0.29) is 5.69 Å². The third-order valence-electron chi connectivity index (χ3n) is 5.39. The minimum atomic E-state index is -0.306. The van der Waals surface area contributed by atoms with Crippen molar-refractivity contribution in [3.8, 4) is 17.1 Å². The molecule has 0 atom stereocenters. The zero-order chi connectivity index (χ0) is 21.0. The molecule has 2 aromatic carbocycles. The van der Waals surface area contributed by atoms with Crippen LogP contribution in [0.15, 0.2) is 53.6 Å². The van der Waals surface area contributed by atoms with Crippen molar-refractivity contribution in [3.05, 3.63) is 69.3 Å². The van der Waals surface area contributed by atoms with Crippen molar-refractivity contribution in [2.24, 2.45) is 7.05 Å². The molecule has 0 aliphatic rings. The number of H-pyrrole nitrogens is 1. The number of rotatable bonds is 4. The van der Waals surface area contributed by atoms with Crippen LogP contribution in [0.3, 0.4) is 0 Å². The highest BCUT2D eigenvalue weighted by Crippen LogP contribution is 2.34. The molecule has 0 unspecified atom stereocenters. The first-order valence-corrected chi connectivity index (χ1v) is 10.4. The molecule has 0 fully saturated rings. The van der Waals surface area contributed by atoms with E-state index >= 15 is 0 Å². The number of aromatic amines is 1. The Bertz CT molecular complexity index is 1470. The van der Waals surface area contributed by atoms with E-state index < -0.39 is 0 Å². The molecule has 0 radical (unpaired) electrons. The Morgan fingerprint density at radius 3 is 2.43 bits per heavy atom. The monoisotopic (exact) mass is 439 g/mol. The standard InChI is InChI=1S/C22H19Cl2N5O/c1-3-8-28-12-20(16-10-14(24)5-7-19(16)28)29-21(25-26-22(29)30)17-11-27(2)18-6-4-13(23)9-15(17)18/h4-7,9-12H,3,8H2,1-2H3,(H,26,30). The van der Waals surface area contributed by atoms with Crippen LogP contribution < -0.4 is 5.69 Å². The lowest BCUT2D eigenvalue weighted by molar-refractivity contribution is 0.701. The molecule has 3 heterocycles. The van der Waals surface area contributed by atoms with Gasteiger partial charge in [-0.2, -0.15) is 5.10 Å². The van der Waals surface area contributed by atoms with Gasteiger partial charge < -0.3 is 9.13 Å². The van der Waals surface area contributed by atoms with E-state index in [1.165, 1.54) is 0 Å². The third kappa shape index (κ3) is 2.87. The largest absolute Gasteiger partial charge is 0.350 e. The molecule has 5 aromatic rings. The predicted octanol–water partition coefficient (Wildman–Crippen LogP) is 5.39. The summed E-state index contributed by atoms with van der Waals surface area (Å²) in [6.07, 6.45) is 4.93. The van der Waals surface area contributed by atoms with Gasteiger partial charge in [-0.1, -0.05) is 30.1 Å². The molecular weight excluding hydrogens is 421 g/mol. The number of nitrogens with zero attached hydrogens (tertiary/aromatic N) is 4. The van der Waals surface area contributed by atoms with Crippen LogP contribution in [0.4, 0.5) is 0 Å². The van der Waals surface area contributed by atoms with Crippen molar-refractivity contribution in [2.45, 2.75) is 19.9 Å². The Labute approximate surface area is 182 Å². The van der Waals surface area contributed by atoms with Gasteiger partial charge >= 0.3 is 5.69 Å². The van der Waals surface area contributed by atoms with Crippen LogP contribution in [0.1, 0.15) is 13.3 Å². The van der Waals surface area contributed by atoms with Gasteiger partial charge in [0.1, 0.15) is 0 Å². The summed E-state index contributed by atoms with van der Waals surface area (Å²) in [7, 11) is 1.96. The van der Waals surface area contributed by atoms with Crippen LogP contribution in [0.2, 0.25) is 10.0 Å². The van der Waals surface area contributed by atoms with Crippen molar-refractivity contribution in [3.63, 3.8) is 0 Å². The van der Waals surface area contributed by atoms with E-state index in [9.17, 15) is 4.79 Å². The fraction of sp³-hybridized carbons (Fsp3) is 0.182. The molecule has 1 N–H and O–H groups in total. The molecule has 5 rings (SSSR count). The zero-order valence-corrected chi connectivity index (χ0v) is 18.0. The van der Waals surface area contributed by atoms with Crippen LogP contribution >= 0.6 is 23.2 Å². The molecule has 0 spiro atoms. The first-order valence-electron chi connectivity index (χ1n) is 9.69. The Balaban J connectivity index is 1.83. The molecule has 6 nitrogen and oxygen atoms in total. The van der Waals surface area contributed by atoms with Crippen molar-refractivity contribution < 1.29 is 0 Å². The first kappa shape index (κ1) is 19.0. The molecule has 0 amide bonds. The number of fused-ring (bicyclic) bond motifs is 2. The van der Waals surface area contributed by atoms with Gasteiger partial charge in [-0.15, -0.1) is 0 Å². The number of halogens is 2. The number of aryl methyl sites for hydroxylation is 2. The number of nitrogens with one attached hydrogen (secondary N) is 1. The minimum Gasteiger partial charge on any atom is -0.350 e. The Kier molecular flexibility index (Phi) is 4.49. The quantitative estimate of drug-likeness (QED) is 0.407. The normalized spacial score (nSPS) is 11.7. The maximum absolute atomic E-state index is 12.9. The molecule has 152 valence electrons. The molecule has 0 saturated heterocycles. The second-order valence-electron chi connectivity index (χ2n) is 7.37. The summed E-state index contributed by atoms with van der Waals surface area (Å²) in [6, 6.07) is 11.5. The van der Waals surface area contributed by atoms with Crippen molar-refractivity contribution in [1.82, 2.24) is 23.9 Å². The minimum absolute atomic E-state index is 0.306. The van der Waals surface area contributed by atoms with Crippen molar-refractivity contribution >= 4 is 45.0 Å².